The number of ether oxygens (including phenoxy) is 4. The molecule has 40 heavy (non-hydrogen) atoms. The summed E-state index contributed by atoms with van der Waals surface area (Å²) in [5, 5.41) is 12.1. The van der Waals surface area contributed by atoms with Gasteiger partial charge < -0.3 is 29.4 Å². The van der Waals surface area contributed by atoms with Gasteiger partial charge in [-0.05, 0) is 66.9 Å². The summed E-state index contributed by atoms with van der Waals surface area (Å²) in [4.78, 5) is 18.8. The molecule has 0 aliphatic carbocycles. The highest BCUT2D eigenvalue weighted by molar-refractivity contribution is 9.10. The van der Waals surface area contributed by atoms with Gasteiger partial charge in [-0.15, -0.1) is 0 Å². The van der Waals surface area contributed by atoms with Gasteiger partial charge in [0.05, 0.1) is 20.8 Å². The van der Waals surface area contributed by atoms with Crippen molar-refractivity contribution in [3.8, 4) is 17.2 Å². The molecule has 0 bridgehead atoms. The van der Waals surface area contributed by atoms with Gasteiger partial charge in [0, 0.05) is 36.0 Å². The van der Waals surface area contributed by atoms with Crippen LogP contribution >= 0.6 is 15.9 Å². The third kappa shape index (κ3) is 6.77. The Kier molecular flexibility index (Phi) is 10.1. The van der Waals surface area contributed by atoms with E-state index in [4.69, 9.17) is 29.0 Å². The molecule has 2 atom stereocenters. The Morgan fingerprint density at radius 2 is 1.82 bits per heavy atom. The molecule has 3 aromatic rings. The second kappa shape index (κ2) is 13.7. The van der Waals surface area contributed by atoms with Gasteiger partial charge in [-0.2, -0.15) is 0 Å². The summed E-state index contributed by atoms with van der Waals surface area (Å²) in [5.74, 6) is 2.21. The van der Waals surface area contributed by atoms with Crippen molar-refractivity contribution in [3.05, 3.63) is 87.9 Å². The van der Waals surface area contributed by atoms with Crippen LogP contribution in [0, 0.1) is 0 Å². The Morgan fingerprint density at radius 3 is 2.52 bits per heavy atom. The highest BCUT2D eigenvalue weighted by atomic mass is 79.9. The molecule has 212 valence electrons. The van der Waals surface area contributed by atoms with Crippen LogP contribution in [0.3, 0.4) is 0 Å². The third-order valence-electron chi connectivity index (χ3n) is 6.89. The number of hydrogen-bond acceptors (Lipinski definition) is 7. The fourth-order valence-electron chi connectivity index (χ4n) is 4.58. The fourth-order valence-corrected chi connectivity index (χ4v) is 5.01. The number of methoxy groups -OCH3 is 2. The highest BCUT2D eigenvalue weighted by Crippen LogP contribution is 2.35. The molecule has 9 heteroatoms. The number of aliphatic hydroxyl groups is 1. The minimum atomic E-state index is -1.16. The maximum Gasteiger partial charge on any atom is 0.252 e. The summed E-state index contributed by atoms with van der Waals surface area (Å²) < 4.78 is 23.5. The van der Waals surface area contributed by atoms with Gasteiger partial charge in [-0.3, -0.25) is 4.79 Å². The first-order valence-electron chi connectivity index (χ1n) is 13.2. The number of amides is 1. The standard InChI is InChI=1S/C31H35BrN2O6/c1-21-31(20-24-7-4-5-8-26(24)32,30(36)33-16-15-22-9-14-27(37-2)28(19-22)38-3)34-29(40-21)23-10-12-25(13-11-23)39-18-6-17-35/h4-5,7-14,19,21,35H,6,15-18,20H2,1-3H3,(H,33,36)/t21-,31-/m1/s1. The Hall–Kier alpha value is -3.56. The third-order valence-corrected chi connectivity index (χ3v) is 7.67. The van der Waals surface area contributed by atoms with E-state index in [9.17, 15) is 4.79 Å². The van der Waals surface area contributed by atoms with Crippen molar-refractivity contribution < 1.29 is 28.8 Å². The molecular formula is C31H35BrN2O6. The van der Waals surface area contributed by atoms with Crippen molar-refractivity contribution in [2.75, 3.05) is 34.0 Å². The van der Waals surface area contributed by atoms with Gasteiger partial charge in [0.25, 0.3) is 5.91 Å². The molecule has 1 heterocycles. The molecule has 0 unspecified atom stereocenters. The van der Waals surface area contributed by atoms with E-state index < -0.39 is 11.6 Å². The molecule has 0 radical (unpaired) electrons. The van der Waals surface area contributed by atoms with Gasteiger partial charge in [0.15, 0.2) is 17.0 Å². The molecule has 3 aromatic carbocycles. The minimum Gasteiger partial charge on any atom is -0.494 e. The second-order valence-electron chi connectivity index (χ2n) is 9.51. The number of aliphatic imine (C=N–C) groups is 1. The quantitative estimate of drug-likeness (QED) is 0.271. The van der Waals surface area contributed by atoms with Crippen LogP contribution < -0.4 is 19.5 Å². The number of rotatable bonds is 13. The predicted octanol–water partition coefficient (Wildman–Crippen LogP) is 4.73. The van der Waals surface area contributed by atoms with Gasteiger partial charge in [-0.1, -0.05) is 40.2 Å². The number of nitrogens with zero attached hydrogens (tertiary/aromatic N) is 1. The van der Waals surface area contributed by atoms with E-state index in [1.165, 1.54) is 0 Å². The molecular weight excluding hydrogens is 576 g/mol. The SMILES string of the molecule is COc1ccc(CCNC(=O)[C@]2(Cc3ccccc3Br)N=C(c3ccc(OCCCO)cc3)O[C@@H]2C)cc1OC. The van der Waals surface area contributed by atoms with Crippen LogP contribution in [0.5, 0.6) is 17.2 Å². The Labute approximate surface area is 243 Å². The van der Waals surface area contributed by atoms with Crippen molar-refractivity contribution >= 4 is 27.7 Å². The second-order valence-corrected chi connectivity index (χ2v) is 10.4. The Balaban J connectivity index is 1.55. The first-order chi connectivity index (χ1) is 19.4. The number of carbonyl (C=O) groups is 1. The van der Waals surface area contributed by atoms with Crippen LogP contribution in [0.4, 0.5) is 0 Å². The van der Waals surface area contributed by atoms with E-state index in [0.29, 0.717) is 55.6 Å². The number of hydrogen-bond donors (Lipinski definition) is 2. The largest absolute Gasteiger partial charge is 0.494 e. The predicted molar refractivity (Wildman–Crippen MR) is 158 cm³/mol. The molecule has 0 fully saturated rings. The average molecular weight is 612 g/mol. The molecule has 0 saturated heterocycles. The Morgan fingerprint density at radius 1 is 1.07 bits per heavy atom. The zero-order valence-corrected chi connectivity index (χ0v) is 24.6. The summed E-state index contributed by atoms with van der Waals surface area (Å²) in [5.41, 5.74) is 1.57. The van der Waals surface area contributed by atoms with Crippen LogP contribution in [0.15, 0.2) is 76.2 Å². The van der Waals surface area contributed by atoms with Crippen molar-refractivity contribution in [1.29, 1.82) is 0 Å². The van der Waals surface area contributed by atoms with E-state index in [-0.39, 0.29) is 12.5 Å². The maximum absolute atomic E-state index is 13.9. The smallest absolute Gasteiger partial charge is 0.252 e. The van der Waals surface area contributed by atoms with Gasteiger partial charge >= 0.3 is 0 Å². The van der Waals surface area contributed by atoms with E-state index in [1.807, 2.05) is 73.7 Å². The van der Waals surface area contributed by atoms with Crippen LogP contribution in [0.25, 0.3) is 0 Å². The van der Waals surface area contributed by atoms with Crippen molar-refractivity contribution in [3.63, 3.8) is 0 Å². The highest BCUT2D eigenvalue weighted by Gasteiger charge is 2.50. The molecule has 1 aliphatic rings. The first-order valence-corrected chi connectivity index (χ1v) is 14.0. The van der Waals surface area contributed by atoms with Crippen LogP contribution in [-0.2, 0) is 22.4 Å². The van der Waals surface area contributed by atoms with E-state index in [1.54, 1.807) is 14.2 Å². The van der Waals surface area contributed by atoms with E-state index in [0.717, 1.165) is 21.2 Å². The van der Waals surface area contributed by atoms with Crippen molar-refractivity contribution in [1.82, 2.24) is 5.32 Å². The number of benzene rings is 3. The first kappa shape index (κ1) is 29.4. The van der Waals surface area contributed by atoms with Crippen LogP contribution in [0.2, 0.25) is 0 Å². The molecule has 0 aromatic heterocycles. The lowest BCUT2D eigenvalue weighted by Gasteiger charge is -2.28. The maximum atomic E-state index is 13.9. The molecule has 8 nitrogen and oxygen atoms in total. The van der Waals surface area contributed by atoms with Gasteiger partial charge in [0.2, 0.25) is 5.90 Å². The molecule has 0 spiro atoms. The summed E-state index contributed by atoms with van der Waals surface area (Å²) >= 11 is 3.63. The minimum absolute atomic E-state index is 0.0799. The lowest BCUT2D eigenvalue weighted by atomic mass is 9.86. The lowest BCUT2D eigenvalue weighted by Crippen LogP contribution is -2.53. The summed E-state index contributed by atoms with van der Waals surface area (Å²) in [6.07, 6.45) is 1.04. The number of halogens is 1. The molecule has 0 saturated carbocycles. The zero-order valence-electron chi connectivity index (χ0n) is 23.0. The number of aliphatic hydroxyl groups excluding tert-OH is 1. The topological polar surface area (TPSA) is 98.6 Å². The van der Waals surface area contributed by atoms with Crippen molar-refractivity contribution in [2.45, 2.75) is 37.8 Å². The lowest BCUT2D eigenvalue weighted by molar-refractivity contribution is -0.128. The monoisotopic (exact) mass is 610 g/mol. The molecule has 1 amide bonds. The number of carbonyl (C=O) groups excluding carboxylic acids is 1. The normalized spacial score (nSPS) is 18.0. The average Bonchev–Trinajstić information content (AvgIpc) is 3.31. The molecule has 2 N–H and O–H groups in total. The molecule has 4 rings (SSSR count). The summed E-state index contributed by atoms with van der Waals surface area (Å²) in [6, 6.07) is 21.0. The van der Waals surface area contributed by atoms with Crippen LogP contribution in [-0.4, -0.2) is 62.5 Å². The van der Waals surface area contributed by atoms with Crippen LogP contribution in [0.1, 0.15) is 30.0 Å². The summed E-state index contributed by atoms with van der Waals surface area (Å²) in [6.45, 7) is 2.82. The van der Waals surface area contributed by atoms with E-state index >= 15 is 0 Å². The number of nitrogens with one attached hydrogen (secondary N) is 1. The zero-order chi connectivity index (χ0) is 28.5. The van der Waals surface area contributed by atoms with Gasteiger partial charge in [0.1, 0.15) is 11.9 Å². The Bertz CT molecular complexity index is 1330. The summed E-state index contributed by atoms with van der Waals surface area (Å²) in [7, 11) is 3.20. The van der Waals surface area contributed by atoms with Crippen molar-refractivity contribution in [2.24, 2.45) is 4.99 Å². The fraction of sp³-hybridized carbons (Fsp3) is 0.355. The van der Waals surface area contributed by atoms with Gasteiger partial charge in [-0.25, -0.2) is 4.99 Å². The molecule has 1 aliphatic heterocycles. The van der Waals surface area contributed by atoms with E-state index in [2.05, 4.69) is 21.2 Å².